The standard InChI is InChI=1S/C12H23NO2/c1-10(2)5-8-13-12(6-4-7-12)9-11(14)15-3/h10,13H,4-9H2,1-3H3. The van der Waals surface area contributed by atoms with Gasteiger partial charge in [0.1, 0.15) is 0 Å². The van der Waals surface area contributed by atoms with Gasteiger partial charge in [0.25, 0.3) is 0 Å². The maximum absolute atomic E-state index is 11.3. The van der Waals surface area contributed by atoms with E-state index in [1.165, 1.54) is 20.0 Å². The zero-order chi connectivity index (χ0) is 11.3. The summed E-state index contributed by atoms with van der Waals surface area (Å²) in [5.74, 6) is 0.625. The molecule has 0 heterocycles. The topological polar surface area (TPSA) is 38.3 Å². The molecule has 88 valence electrons. The molecule has 1 N–H and O–H groups in total. The van der Waals surface area contributed by atoms with Gasteiger partial charge >= 0.3 is 5.97 Å². The van der Waals surface area contributed by atoms with Gasteiger partial charge in [-0.15, -0.1) is 0 Å². The van der Waals surface area contributed by atoms with Gasteiger partial charge in [-0.3, -0.25) is 4.79 Å². The Hall–Kier alpha value is -0.570. The summed E-state index contributed by atoms with van der Waals surface area (Å²) >= 11 is 0. The maximum atomic E-state index is 11.3. The highest BCUT2D eigenvalue weighted by atomic mass is 16.5. The molecule has 0 bridgehead atoms. The molecule has 0 atom stereocenters. The monoisotopic (exact) mass is 213 g/mol. The summed E-state index contributed by atoms with van der Waals surface area (Å²) in [5.41, 5.74) is 0.0575. The Morgan fingerprint density at radius 3 is 2.53 bits per heavy atom. The van der Waals surface area contributed by atoms with Gasteiger partial charge < -0.3 is 10.1 Å². The fourth-order valence-electron chi connectivity index (χ4n) is 1.99. The zero-order valence-corrected chi connectivity index (χ0v) is 10.1. The van der Waals surface area contributed by atoms with E-state index in [1.807, 2.05) is 0 Å². The summed E-state index contributed by atoms with van der Waals surface area (Å²) in [6.07, 6.45) is 5.15. The minimum atomic E-state index is -0.0910. The second-order valence-electron chi connectivity index (χ2n) is 5.00. The molecule has 3 heteroatoms. The largest absolute Gasteiger partial charge is 0.469 e. The third kappa shape index (κ3) is 3.82. The number of hydrogen-bond donors (Lipinski definition) is 1. The molecule has 1 fully saturated rings. The van der Waals surface area contributed by atoms with Crippen LogP contribution in [0.3, 0.4) is 0 Å². The molecule has 15 heavy (non-hydrogen) atoms. The molecular weight excluding hydrogens is 190 g/mol. The van der Waals surface area contributed by atoms with E-state index in [2.05, 4.69) is 19.2 Å². The van der Waals surface area contributed by atoms with Crippen molar-refractivity contribution in [3.8, 4) is 0 Å². The van der Waals surface area contributed by atoms with Crippen LogP contribution in [-0.2, 0) is 9.53 Å². The van der Waals surface area contributed by atoms with Crippen molar-refractivity contribution in [3.05, 3.63) is 0 Å². The van der Waals surface area contributed by atoms with E-state index < -0.39 is 0 Å². The Kier molecular flexibility index (Phi) is 4.58. The predicted molar refractivity (Wildman–Crippen MR) is 60.7 cm³/mol. The number of methoxy groups -OCH3 is 1. The van der Waals surface area contributed by atoms with E-state index in [9.17, 15) is 4.79 Å². The Labute approximate surface area is 92.6 Å². The molecule has 3 nitrogen and oxygen atoms in total. The number of carbonyl (C=O) groups excluding carboxylic acids is 1. The number of nitrogens with one attached hydrogen (secondary N) is 1. The smallest absolute Gasteiger partial charge is 0.307 e. The highest BCUT2D eigenvalue weighted by molar-refractivity contribution is 5.71. The van der Waals surface area contributed by atoms with E-state index >= 15 is 0 Å². The van der Waals surface area contributed by atoms with Gasteiger partial charge in [-0.05, 0) is 38.1 Å². The van der Waals surface area contributed by atoms with Crippen LogP contribution in [0.2, 0.25) is 0 Å². The summed E-state index contributed by atoms with van der Waals surface area (Å²) in [7, 11) is 1.46. The Balaban J connectivity index is 2.30. The Bertz CT molecular complexity index is 210. The number of ether oxygens (including phenoxy) is 1. The first-order valence-corrected chi connectivity index (χ1v) is 5.90. The zero-order valence-electron chi connectivity index (χ0n) is 10.1. The second kappa shape index (κ2) is 5.50. The highest BCUT2D eigenvalue weighted by Gasteiger charge is 2.38. The third-order valence-corrected chi connectivity index (χ3v) is 3.24. The Morgan fingerprint density at radius 2 is 2.13 bits per heavy atom. The Morgan fingerprint density at radius 1 is 1.47 bits per heavy atom. The van der Waals surface area contributed by atoms with Crippen molar-refractivity contribution >= 4 is 5.97 Å². The van der Waals surface area contributed by atoms with Crippen LogP contribution in [-0.4, -0.2) is 25.2 Å². The van der Waals surface area contributed by atoms with Crippen LogP contribution >= 0.6 is 0 Å². The molecule has 0 spiro atoms. The second-order valence-corrected chi connectivity index (χ2v) is 5.00. The maximum Gasteiger partial charge on any atom is 0.307 e. The first-order valence-electron chi connectivity index (χ1n) is 5.90. The van der Waals surface area contributed by atoms with Gasteiger partial charge in [0.15, 0.2) is 0 Å². The number of rotatable bonds is 6. The van der Waals surface area contributed by atoms with Crippen LogP contribution < -0.4 is 5.32 Å². The van der Waals surface area contributed by atoms with Gasteiger partial charge in [-0.1, -0.05) is 13.8 Å². The van der Waals surface area contributed by atoms with Crippen LogP contribution in [0, 0.1) is 5.92 Å². The molecule has 0 aromatic heterocycles. The average Bonchev–Trinajstić information content (AvgIpc) is 2.13. The fraction of sp³-hybridized carbons (Fsp3) is 0.917. The van der Waals surface area contributed by atoms with E-state index in [4.69, 9.17) is 4.74 Å². The fourth-order valence-corrected chi connectivity index (χ4v) is 1.99. The normalized spacial score (nSPS) is 18.7. The van der Waals surface area contributed by atoms with Crippen LogP contribution in [0.15, 0.2) is 0 Å². The number of esters is 1. The number of carbonyl (C=O) groups is 1. The summed E-state index contributed by atoms with van der Waals surface area (Å²) in [5, 5.41) is 3.53. The number of hydrogen-bond acceptors (Lipinski definition) is 3. The lowest BCUT2D eigenvalue weighted by molar-refractivity contribution is -0.143. The first-order chi connectivity index (χ1) is 7.08. The SMILES string of the molecule is COC(=O)CC1(NCCC(C)C)CCC1. The molecular formula is C12H23NO2. The van der Waals surface area contributed by atoms with Crippen molar-refractivity contribution in [1.82, 2.24) is 5.32 Å². The third-order valence-electron chi connectivity index (χ3n) is 3.24. The molecule has 0 unspecified atom stereocenters. The van der Waals surface area contributed by atoms with Crippen molar-refractivity contribution in [2.75, 3.05) is 13.7 Å². The minimum Gasteiger partial charge on any atom is -0.469 e. The van der Waals surface area contributed by atoms with Crippen molar-refractivity contribution in [3.63, 3.8) is 0 Å². The molecule has 1 saturated carbocycles. The van der Waals surface area contributed by atoms with E-state index in [1.54, 1.807) is 0 Å². The van der Waals surface area contributed by atoms with Gasteiger partial charge in [-0.25, -0.2) is 0 Å². The summed E-state index contributed by atoms with van der Waals surface area (Å²) in [6, 6.07) is 0. The van der Waals surface area contributed by atoms with Crippen LogP contribution in [0.25, 0.3) is 0 Å². The van der Waals surface area contributed by atoms with Crippen molar-refractivity contribution in [1.29, 1.82) is 0 Å². The molecule has 1 aliphatic rings. The molecule has 0 aromatic carbocycles. The van der Waals surface area contributed by atoms with Crippen LogP contribution in [0.1, 0.15) is 46.0 Å². The summed E-state index contributed by atoms with van der Waals surface area (Å²) in [6.45, 7) is 5.44. The molecule has 0 aromatic rings. The molecule has 1 aliphatic carbocycles. The van der Waals surface area contributed by atoms with Gasteiger partial charge in [0, 0.05) is 5.54 Å². The van der Waals surface area contributed by atoms with Crippen molar-refractivity contribution < 1.29 is 9.53 Å². The van der Waals surface area contributed by atoms with Gasteiger partial charge in [-0.2, -0.15) is 0 Å². The van der Waals surface area contributed by atoms with E-state index in [0.717, 1.165) is 19.4 Å². The quantitative estimate of drug-likeness (QED) is 0.687. The van der Waals surface area contributed by atoms with Gasteiger partial charge in [0.2, 0.25) is 0 Å². The molecule has 0 aliphatic heterocycles. The summed E-state index contributed by atoms with van der Waals surface area (Å²) < 4.78 is 4.73. The van der Waals surface area contributed by atoms with Crippen molar-refractivity contribution in [2.45, 2.75) is 51.5 Å². The molecule has 0 saturated heterocycles. The van der Waals surface area contributed by atoms with Crippen LogP contribution in [0.5, 0.6) is 0 Å². The lowest BCUT2D eigenvalue weighted by atomic mass is 9.74. The lowest BCUT2D eigenvalue weighted by Gasteiger charge is -2.42. The molecule has 1 rings (SSSR count). The minimum absolute atomic E-state index is 0.0575. The van der Waals surface area contributed by atoms with Crippen LogP contribution in [0.4, 0.5) is 0 Å². The highest BCUT2D eigenvalue weighted by Crippen LogP contribution is 2.35. The average molecular weight is 213 g/mol. The molecule has 0 amide bonds. The lowest BCUT2D eigenvalue weighted by Crippen LogP contribution is -2.52. The predicted octanol–water partition coefficient (Wildman–Crippen LogP) is 2.11. The molecule has 0 radical (unpaired) electrons. The first kappa shape index (κ1) is 12.5. The van der Waals surface area contributed by atoms with Crippen molar-refractivity contribution in [2.24, 2.45) is 5.92 Å². The van der Waals surface area contributed by atoms with Gasteiger partial charge in [0.05, 0.1) is 13.5 Å². The summed E-state index contributed by atoms with van der Waals surface area (Å²) in [4.78, 5) is 11.3. The van der Waals surface area contributed by atoms with E-state index in [-0.39, 0.29) is 11.5 Å². The van der Waals surface area contributed by atoms with E-state index in [0.29, 0.717) is 12.3 Å².